The topological polar surface area (TPSA) is 82.2 Å². The molecule has 1 aromatic rings. The van der Waals surface area contributed by atoms with E-state index in [0.29, 0.717) is 12.2 Å². The Morgan fingerprint density at radius 2 is 2.10 bits per heavy atom. The minimum absolute atomic E-state index is 0.0247. The lowest BCUT2D eigenvalue weighted by Gasteiger charge is -2.33. The number of anilines is 1. The van der Waals surface area contributed by atoms with E-state index >= 15 is 0 Å². The number of hydrogen-bond acceptors (Lipinski definition) is 4. The normalized spacial score (nSPS) is 17.9. The Hall–Kier alpha value is -1.56. The first-order valence-corrected chi connectivity index (χ1v) is 7.05. The van der Waals surface area contributed by atoms with Gasteiger partial charge in [0, 0.05) is 19.8 Å². The molecule has 6 heteroatoms. The van der Waals surface area contributed by atoms with Crippen molar-refractivity contribution >= 4 is 11.6 Å². The van der Waals surface area contributed by atoms with Crippen molar-refractivity contribution in [3.63, 3.8) is 0 Å². The van der Waals surface area contributed by atoms with Gasteiger partial charge in [-0.2, -0.15) is 5.10 Å². The summed E-state index contributed by atoms with van der Waals surface area (Å²) >= 11 is 0. The summed E-state index contributed by atoms with van der Waals surface area (Å²) in [6, 6.07) is 0. The third-order valence-electron chi connectivity index (χ3n) is 4.14. The van der Waals surface area contributed by atoms with Crippen LogP contribution in [0.15, 0.2) is 0 Å². The zero-order valence-electron chi connectivity index (χ0n) is 12.5. The third-order valence-corrected chi connectivity index (χ3v) is 4.14. The van der Waals surface area contributed by atoms with Crippen LogP contribution in [0.4, 0.5) is 5.69 Å². The summed E-state index contributed by atoms with van der Waals surface area (Å²) in [4.78, 5) is 12.0. The lowest BCUT2D eigenvalue weighted by molar-refractivity contribution is -0.122. The molecule has 0 bridgehead atoms. The van der Waals surface area contributed by atoms with Crippen LogP contribution < -0.4 is 11.1 Å². The monoisotopic (exact) mass is 280 g/mol. The highest BCUT2D eigenvalue weighted by atomic mass is 16.5. The average Bonchev–Trinajstić information content (AvgIpc) is 2.65. The molecule has 2 heterocycles. The van der Waals surface area contributed by atoms with Crippen molar-refractivity contribution in [1.82, 2.24) is 15.1 Å². The number of aromatic nitrogens is 2. The molecule has 0 radical (unpaired) electrons. The van der Waals surface area contributed by atoms with E-state index < -0.39 is 0 Å². The van der Waals surface area contributed by atoms with Crippen molar-refractivity contribution in [2.45, 2.75) is 40.2 Å². The van der Waals surface area contributed by atoms with E-state index in [4.69, 9.17) is 10.5 Å². The predicted octanol–water partition coefficient (Wildman–Crippen LogP) is 1.02. The summed E-state index contributed by atoms with van der Waals surface area (Å²) in [5.41, 5.74) is 8.28. The highest BCUT2D eigenvalue weighted by molar-refractivity contribution is 5.76. The van der Waals surface area contributed by atoms with Gasteiger partial charge in [0.1, 0.15) is 6.54 Å². The van der Waals surface area contributed by atoms with E-state index in [1.807, 2.05) is 13.8 Å². The SMILES string of the molecule is Cc1nn(CC(=O)NCC2(C)CCOCC2)c(C)c1N. The molecule has 1 aliphatic rings. The van der Waals surface area contributed by atoms with Crippen molar-refractivity contribution in [3.8, 4) is 0 Å². The summed E-state index contributed by atoms with van der Waals surface area (Å²) in [7, 11) is 0. The highest BCUT2D eigenvalue weighted by Crippen LogP contribution is 2.28. The molecule has 0 spiro atoms. The van der Waals surface area contributed by atoms with E-state index in [0.717, 1.165) is 37.4 Å². The number of amides is 1. The van der Waals surface area contributed by atoms with Crippen LogP contribution >= 0.6 is 0 Å². The summed E-state index contributed by atoms with van der Waals surface area (Å²) in [5, 5.41) is 7.27. The van der Waals surface area contributed by atoms with Gasteiger partial charge in [0.05, 0.1) is 17.1 Å². The van der Waals surface area contributed by atoms with Gasteiger partial charge in [0.2, 0.25) is 5.91 Å². The maximum atomic E-state index is 12.0. The van der Waals surface area contributed by atoms with Crippen LogP contribution in [-0.4, -0.2) is 35.4 Å². The van der Waals surface area contributed by atoms with E-state index in [2.05, 4.69) is 17.3 Å². The van der Waals surface area contributed by atoms with Gasteiger partial charge < -0.3 is 15.8 Å². The van der Waals surface area contributed by atoms with Crippen molar-refractivity contribution in [2.24, 2.45) is 5.41 Å². The second-order valence-corrected chi connectivity index (χ2v) is 5.94. The molecule has 0 aliphatic carbocycles. The largest absolute Gasteiger partial charge is 0.396 e. The van der Waals surface area contributed by atoms with Crippen LogP contribution in [0.2, 0.25) is 0 Å². The fourth-order valence-corrected chi connectivity index (χ4v) is 2.41. The molecule has 1 amide bonds. The average molecular weight is 280 g/mol. The molecule has 0 saturated carbocycles. The summed E-state index contributed by atoms with van der Waals surface area (Å²) in [5.74, 6) is -0.0247. The smallest absolute Gasteiger partial charge is 0.241 e. The molecule has 3 N–H and O–H groups in total. The van der Waals surface area contributed by atoms with Crippen LogP contribution in [0.1, 0.15) is 31.2 Å². The molecule has 20 heavy (non-hydrogen) atoms. The molecular formula is C14H24N4O2. The Morgan fingerprint density at radius 3 is 2.65 bits per heavy atom. The first kappa shape index (κ1) is 14.8. The number of hydrogen-bond donors (Lipinski definition) is 2. The molecule has 1 saturated heterocycles. The van der Waals surface area contributed by atoms with Gasteiger partial charge in [0.25, 0.3) is 0 Å². The molecule has 2 rings (SSSR count). The van der Waals surface area contributed by atoms with Gasteiger partial charge in [-0.05, 0) is 32.1 Å². The Labute approximate surface area is 119 Å². The second kappa shape index (κ2) is 5.83. The highest BCUT2D eigenvalue weighted by Gasteiger charge is 2.27. The van der Waals surface area contributed by atoms with Crippen molar-refractivity contribution in [3.05, 3.63) is 11.4 Å². The molecule has 1 fully saturated rings. The Balaban J connectivity index is 1.87. The Morgan fingerprint density at radius 1 is 1.45 bits per heavy atom. The van der Waals surface area contributed by atoms with Crippen LogP contribution in [0.25, 0.3) is 0 Å². The standard InChI is InChI=1S/C14H24N4O2/c1-10-13(15)11(2)18(17-10)8-12(19)16-9-14(3)4-6-20-7-5-14/h4-9,15H2,1-3H3,(H,16,19). The van der Waals surface area contributed by atoms with E-state index in [9.17, 15) is 4.79 Å². The first-order valence-electron chi connectivity index (χ1n) is 7.05. The quantitative estimate of drug-likeness (QED) is 0.862. The number of ether oxygens (including phenoxy) is 1. The number of aryl methyl sites for hydroxylation is 1. The van der Waals surface area contributed by atoms with Crippen LogP contribution in [0.3, 0.4) is 0 Å². The number of nitrogens with zero attached hydrogens (tertiary/aromatic N) is 2. The number of nitrogen functional groups attached to an aromatic ring is 1. The fraction of sp³-hybridized carbons (Fsp3) is 0.714. The van der Waals surface area contributed by atoms with Crippen LogP contribution in [0.5, 0.6) is 0 Å². The van der Waals surface area contributed by atoms with Gasteiger partial charge in [-0.3, -0.25) is 9.48 Å². The number of carbonyl (C=O) groups is 1. The Bertz CT molecular complexity index is 490. The Kier molecular flexibility index (Phi) is 4.32. The zero-order chi connectivity index (χ0) is 14.8. The number of nitrogens with one attached hydrogen (secondary N) is 1. The molecular weight excluding hydrogens is 256 g/mol. The summed E-state index contributed by atoms with van der Waals surface area (Å²) in [6.45, 7) is 8.38. The van der Waals surface area contributed by atoms with Gasteiger partial charge >= 0.3 is 0 Å². The maximum Gasteiger partial charge on any atom is 0.241 e. The van der Waals surface area contributed by atoms with Crippen molar-refractivity contribution in [2.75, 3.05) is 25.5 Å². The van der Waals surface area contributed by atoms with Crippen molar-refractivity contribution < 1.29 is 9.53 Å². The molecule has 0 unspecified atom stereocenters. The fourth-order valence-electron chi connectivity index (χ4n) is 2.41. The third kappa shape index (κ3) is 3.30. The predicted molar refractivity (Wildman–Crippen MR) is 77.3 cm³/mol. The minimum Gasteiger partial charge on any atom is -0.396 e. The molecule has 1 aliphatic heterocycles. The minimum atomic E-state index is -0.0247. The molecule has 112 valence electrons. The number of carbonyl (C=O) groups excluding carboxylic acids is 1. The second-order valence-electron chi connectivity index (χ2n) is 5.94. The van der Waals surface area contributed by atoms with E-state index in [1.165, 1.54) is 0 Å². The first-order chi connectivity index (χ1) is 9.41. The molecule has 0 atom stereocenters. The van der Waals surface area contributed by atoms with Gasteiger partial charge in [0.15, 0.2) is 0 Å². The molecule has 0 aromatic carbocycles. The zero-order valence-corrected chi connectivity index (χ0v) is 12.5. The summed E-state index contributed by atoms with van der Waals surface area (Å²) in [6.07, 6.45) is 1.97. The van der Waals surface area contributed by atoms with E-state index in [-0.39, 0.29) is 17.9 Å². The molecule has 6 nitrogen and oxygen atoms in total. The number of nitrogens with two attached hydrogens (primary N) is 1. The van der Waals surface area contributed by atoms with E-state index in [1.54, 1.807) is 4.68 Å². The van der Waals surface area contributed by atoms with Crippen LogP contribution in [0, 0.1) is 19.3 Å². The number of rotatable bonds is 4. The molecule has 1 aromatic heterocycles. The lowest BCUT2D eigenvalue weighted by Crippen LogP contribution is -2.40. The van der Waals surface area contributed by atoms with Gasteiger partial charge in [-0.25, -0.2) is 0 Å². The lowest BCUT2D eigenvalue weighted by atomic mass is 9.82. The van der Waals surface area contributed by atoms with Gasteiger partial charge in [-0.1, -0.05) is 6.92 Å². The van der Waals surface area contributed by atoms with Crippen LogP contribution in [-0.2, 0) is 16.1 Å². The summed E-state index contributed by atoms with van der Waals surface area (Å²) < 4.78 is 7.02. The maximum absolute atomic E-state index is 12.0. The van der Waals surface area contributed by atoms with Crippen molar-refractivity contribution in [1.29, 1.82) is 0 Å². The van der Waals surface area contributed by atoms with Gasteiger partial charge in [-0.15, -0.1) is 0 Å².